The summed E-state index contributed by atoms with van der Waals surface area (Å²) >= 11 is 5.92. The Bertz CT molecular complexity index is 1050. The number of carbonyl (C=O) groups excluding carboxylic acids is 2. The van der Waals surface area contributed by atoms with Crippen molar-refractivity contribution in [2.24, 2.45) is 0 Å². The summed E-state index contributed by atoms with van der Waals surface area (Å²) in [6.45, 7) is 0.793. The number of ether oxygens (including phenoxy) is 2. The number of halogens is 1. The van der Waals surface area contributed by atoms with E-state index in [1.54, 1.807) is 47.4 Å². The van der Waals surface area contributed by atoms with Gasteiger partial charge < -0.3 is 20.1 Å². The van der Waals surface area contributed by atoms with E-state index in [-0.39, 0.29) is 11.9 Å². The molecule has 0 aliphatic heterocycles. The molecule has 0 saturated carbocycles. The lowest BCUT2D eigenvalue weighted by Crippen LogP contribution is -2.37. The summed E-state index contributed by atoms with van der Waals surface area (Å²) in [5.41, 5.74) is 1.84. The fraction of sp³-hybridized carbons (Fsp3) is 0.200. The van der Waals surface area contributed by atoms with Gasteiger partial charge in [0, 0.05) is 41.1 Å². The number of anilines is 2. The summed E-state index contributed by atoms with van der Waals surface area (Å²) in [7, 11) is 3.06. The predicted octanol–water partition coefficient (Wildman–Crippen LogP) is 5.22. The highest BCUT2D eigenvalue weighted by molar-refractivity contribution is 6.30. The van der Waals surface area contributed by atoms with Gasteiger partial charge in [-0.25, -0.2) is 4.79 Å². The van der Waals surface area contributed by atoms with Crippen molar-refractivity contribution in [2.75, 3.05) is 37.5 Å². The first-order valence-corrected chi connectivity index (χ1v) is 10.8. The summed E-state index contributed by atoms with van der Waals surface area (Å²) in [6.07, 6.45) is 0.551. The number of hydrogen-bond acceptors (Lipinski definition) is 4. The molecule has 0 atom stereocenters. The number of amides is 3. The maximum atomic E-state index is 13.0. The van der Waals surface area contributed by atoms with Gasteiger partial charge >= 0.3 is 6.03 Å². The van der Waals surface area contributed by atoms with Gasteiger partial charge in [0.05, 0.1) is 14.2 Å². The molecule has 0 bridgehead atoms. The SMILES string of the molecule is COc1cc(OC)cc(C(=O)NCCCN(C(=O)Nc2ccc(Cl)cc2)c2ccccc2)c1. The Labute approximate surface area is 198 Å². The Balaban J connectivity index is 1.61. The van der Waals surface area contributed by atoms with E-state index in [0.29, 0.717) is 47.3 Å². The average Bonchev–Trinajstić information content (AvgIpc) is 2.85. The third-order valence-electron chi connectivity index (χ3n) is 4.87. The Hall–Kier alpha value is -3.71. The first-order chi connectivity index (χ1) is 16.0. The van der Waals surface area contributed by atoms with Crippen LogP contribution in [0.3, 0.4) is 0 Å². The molecule has 0 radical (unpaired) electrons. The van der Waals surface area contributed by atoms with Crippen LogP contribution in [0.2, 0.25) is 5.02 Å². The molecule has 3 aromatic carbocycles. The molecule has 0 fully saturated rings. The van der Waals surface area contributed by atoms with Gasteiger partial charge in [-0.1, -0.05) is 29.8 Å². The lowest BCUT2D eigenvalue weighted by atomic mass is 10.2. The highest BCUT2D eigenvalue weighted by Gasteiger charge is 2.16. The van der Waals surface area contributed by atoms with E-state index in [1.807, 2.05) is 30.3 Å². The largest absolute Gasteiger partial charge is 0.497 e. The van der Waals surface area contributed by atoms with E-state index in [2.05, 4.69) is 10.6 Å². The monoisotopic (exact) mass is 467 g/mol. The molecule has 0 spiro atoms. The van der Waals surface area contributed by atoms with Crippen molar-refractivity contribution < 1.29 is 19.1 Å². The van der Waals surface area contributed by atoms with Crippen LogP contribution in [-0.4, -0.2) is 39.2 Å². The third-order valence-corrected chi connectivity index (χ3v) is 5.12. The van der Waals surface area contributed by atoms with Crippen LogP contribution in [0.15, 0.2) is 72.8 Å². The molecule has 7 nitrogen and oxygen atoms in total. The number of hydrogen-bond donors (Lipinski definition) is 2. The quantitative estimate of drug-likeness (QED) is 0.423. The Morgan fingerprint density at radius 1 is 0.909 bits per heavy atom. The number of rotatable bonds is 9. The second-order valence-electron chi connectivity index (χ2n) is 7.14. The fourth-order valence-electron chi connectivity index (χ4n) is 3.16. The summed E-state index contributed by atoms with van der Waals surface area (Å²) in [4.78, 5) is 27.2. The normalized spacial score (nSPS) is 10.3. The average molecular weight is 468 g/mol. The highest BCUT2D eigenvalue weighted by Crippen LogP contribution is 2.22. The van der Waals surface area contributed by atoms with Gasteiger partial charge in [0.2, 0.25) is 0 Å². The van der Waals surface area contributed by atoms with Crippen molar-refractivity contribution in [3.8, 4) is 11.5 Å². The van der Waals surface area contributed by atoms with Crippen molar-refractivity contribution >= 4 is 34.9 Å². The summed E-state index contributed by atoms with van der Waals surface area (Å²) in [5.74, 6) is 0.825. The van der Waals surface area contributed by atoms with Gasteiger partial charge in [-0.3, -0.25) is 9.69 Å². The molecular weight excluding hydrogens is 442 g/mol. The number of carbonyl (C=O) groups is 2. The Morgan fingerprint density at radius 3 is 2.15 bits per heavy atom. The van der Waals surface area contributed by atoms with Gasteiger partial charge in [-0.15, -0.1) is 0 Å². The topological polar surface area (TPSA) is 79.9 Å². The second kappa shape index (κ2) is 11.8. The maximum absolute atomic E-state index is 13.0. The number of benzene rings is 3. The lowest BCUT2D eigenvalue weighted by Gasteiger charge is -2.23. The summed E-state index contributed by atoms with van der Waals surface area (Å²) < 4.78 is 10.4. The zero-order valence-corrected chi connectivity index (χ0v) is 19.3. The van der Waals surface area contributed by atoms with Crippen molar-refractivity contribution in [3.63, 3.8) is 0 Å². The smallest absolute Gasteiger partial charge is 0.326 e. The third kappa shape index (κ3) is 6.89. The van der Waals surface area contributed by atoms with Crippen LogP contribution in [0.25, 0.3) is 0 Å². The molecule has 3 aromatic rings. The molecule has 0 aromatic heterocycles. The van der Waals surface area contributed by atoms with Crippen LogP contribution in [-0.2, 0) is 0 Å². The second-order valence-corrected chi connectivity index (χ2v) is 7.57. The van der Waals surface area contributed by atoms with Gasteiger partial charge in [-0.05, 0) is 55.0 Å². The van der Waals surface area contributed by atoms with E-state index in [9.17, 15) is 9.59 Å². The van der Waals surface area contributed by atoms with Crippen molar-refractivity contribution in [2.45, 2.75) is 6.42 Å². The van der Waals surface area contributed by atoms with E-state index >= 15 is 0 Å². The zero-order chi connectivity index (χ0) is 23.6. The molecule has 0 heterocycles. The molecule has 3 rings (SSSR count). The van der Waals surface area contributed by atoms with Gasteiger partial charge in [-0.2, -0.15) is 0 Å². The molecule has 0 unspecified atom stereocenters. The number of methoxy groups -OCH3 is 2. The van der Waals surface area contributed by atoms with Crippen LogP contribution in [0.4, 0.5) is 16.2 Å². The molecule has 0 saturated heterocycles. The molecule has 0 aliphatic rings. The van der Waals surface area contributed by atoms with E-state index in [1.165, 1.54) is 14.2 Å². The van der Waals surface area contributed by atoms with Crippen molar-refractivity contribution in [1.82, 2.24) is 5.32 Å². The van der Waals surface area contributed by atoms with Crippen molar-refractivity contribution in [1.29, 1.82) is 0 Å². The van der Waals surface area contributed by atoms with Crippen LogP contribution in [0.1, 0.15) is 16.8 Å². The van der Waals surface area contributed by atoms with E-state index in [4.69, 9.17) is 21.1 Å². The van der Waals surface area contributed by atoms with E-state index < -0.39 is 0 Å². The van der Waals surface area contributed by atoms with Crippen LogP contribution >= 0.6 is 11.6 Å². The van der Waals surface area contributed by atoms with Crippen LogP contribution < -0.4 is 25.0 Å². The van der Waals surface area contributed by atoms with Crippen molar-refractivity contribution in [3.05, 3.63) is 83.4 Å². The number of nitrogens with zero attached hydrogens (tertiary/aromatic N) is 1. The minimum absolute atomic E-state index is 0.246. The standard InChI is InChI=1S/C25H26ClN3O4/c1-32-22-15-18(16-23(17-22)33-2)24(30)27-13-6-14-29(21-7-4-3-5-8-21)25(31)28-20-11-9-19(26)10-12-20/h3-5,7-12,15-17H,6,13-14H2,1-2H3,(H,27,30)(H,28,31). The maximum Gasteiger partial charge on any atom is 0.326 e. The predicted molar refractivity (Wildman–Crippen MR) is 131 cm³/mol. The first-order valence-electron chi connectivity index (χ1n) is 10.4. The molecule has 2 N–H and O–H groups in total. The fourth-order valence-corrected chi connectivity index (χ4v) is 3.29. The molecule has 33 heavy (non-hydrogen) atoms. The van der Waals surface area contributed by atoms with Gasteiger partial charge in [0.1, 0.15) is 11.5 Å². The number of nitrogens with one attached hydrogen (secondary N) is 2. The summed E-state index contributed by atoms with van der Waals surface area (Å²) in [5, 5.41) is 6.36. The minimum atomic E-state index is -0.271. The minimum Gasteiger partial charge on any atom is -0.497 e. The summed E-state index contributed by atoms with van der Waals surface area (Å²) in [6, 6.07) is 21.0. The van der Waals surface area contributed by atoms with Gasteiger partial charge in [0.25, 0.3) is 5.91 Å². The Kier molecular flexibility index (Phi) is 8.55. The Morgan fingerprint density at radius 2 is 1.55 bits per heavy atom. The molecule has 0 aliphatic carbocycles. The number of urea groups is 1. The molecule has 8 heteroatoms. The first kappa shape index (κ1) is 23.9. The van der Waals surface area contributed by atoms with Crippen LogP contribution in [0.5, 0.6) is 11.5 Å². The number of para-hydroxylation sites is 1. The lowest BCUT2D eigenvalue weighted by molar-refractivity contribution is 0.0952. The molecule has 3 amide bonds. The molecular formula is C25H26ClN3O4. The van der Waals surface area contributed by atoms with Crippen LogP contribution in [0, 0.1) is 0 Å². The van der Waals surface area contributed by atoms with E-state index in [0.717, 1.165) is 5.69 Å². The molecule has 172 valence electrons. The zero-order valence-electron chi connectivity index (χ0n) is 18.5. The highest BCUT2D eigenvalue weighted by atomic mass is 35.5. The van der Waals surface area contributed by atoms with Gasteiger partial charge in [0.15, 0.2) is 0 Å².